The zero-order chi connectivity index (χ0) is 18.9. The van der Waals surface area contributed by atoms with E-state index >= 15 is 0 Å². The molecule has 5 heteroatoms. The minimum absolute atomic E-state index is 0.00464. The first-order chi connectivity index (χ1) is 13.0. The van der Waals surface area contributed by atoms with Gasteiger partial charge in [-0.1, -0.05) is 25.0 Å². The molecule has 0 atom stereocenters. The van der Waals surface area contributed by atoms with E-state index in [1.807, 2.05) is 36.1 Å². The predicted octanol–water partition coefficient (Wildman–Crippen LogP) is 4.17. The molecule has 5 nitrogen and oxygen atoms in total. The molecule has 4 rings (SSSR count). The maximum absolute atomic E-state index is 12.6. The molecular formula is C22H31N3O2. The largest absolute Gasteiger partial charge is 0.339 e. The van der Waals surface area contributed by atoms with Gasteiger partial charge >= 0.3 is 6.03 Å². The van der Waals surface area contributed by atoms with Crippen molar-refractivity contribution in [3.63, 3.8) is 0 Å². The van der Waals surface area contributed by atoms with Crippen LogP contribution in [0, 0.1) is 12.3 Å². The van der Waals surface area contributed by atoms with Gasteiger partial charge in [0.1, 0.15) is 0 Å². The van der Waals surface area contributed by atoms with Crippen LogP contribution in [0.4, 0.5) is 10.5 Å². The highest BCUT2D eigenvalue weighted by Crippen LogP contribution is 2.42. The van der Waals surface area contributed by atoms with Crippen LogP contribution in [0.5, 0.6) is 0 Å². The van der Waals surface area contributed by atoms with Gasteiger partial charge in [-0.3, -0.25) is 4.79 Å². The third-order valence-electron chi connectivity index (χ3n) is 6.84. The second kappa shape index (κ2) is 7.53. The van der Waals surface area contributed by atoms with Gasteiger partial charge in [0.05, 0.1) is 0 Å². The molecule has 1 spiro atoms. The Hall–Kier alpha value is -2.04. The smallest absolute Gasteiger partial charge is 0.321 e. The van der Waals surface area contributed by atoms with Crippen LogP contribution in [0.1, 0.15) is 56.9 Å². The molecule has 2 aliphatic heterocycles. The molecule has 2 saturated heterocycles. The van der Waals surface area contributed by atoms with Gasteiger partial charge in [0.15, 0.2) is 0 Å². The molecule has 1 aromatic rings. The number of hydrogen-bond acceptors (Lipinski definition) is 2. The lowest BCUT2D eigenvalue weighted by Crippen LogP contribution is -2.54. The van der Waals surface area contributed by atoms with Gasteiger partial charge in [0.25, 0.3) is 0 Å². The number of anilines is 1. The molecular weight excluding hydrogens is 338 g/mol. The normalized spacial score (nSPS) is 23.1. The number of aryl methyl sites for hydroxylation is 1. The van der Waals surface area contributed by atoms with Gasteiger partial charge in [-0.15, -0.1) is 0 Å². The summed E-state index contributed by atoms with van der Waals surface area (Å²) in [7, 11) is 0. The first-order valence-electron chi connectivity index (χ1n) is 10.5. The molecule has 2 heterocycles. The molecule has 1 aromatic carbocycles. The van der Waals surface area contributed by atoms with Crippen molar-refractivity contribution < 1.29 is 9.59 Å². The SMILES string of the molecule is Cc1cccc(NC(=O)N2CCC3(CCC(=O)N(C4CCCC4)C3)CC2)c1. The summed E-state index contributed by atoms with van der Waals surface area (Å²) in [5.74, 6) is 0.354. The van der Waals surface area contributed by atoms with Crippen LogP contribution >= 0.6 is 0 Å². The number of likely N-dealkylation sites (tertiary alicyclic amines) is 2. The van der Waals surface area contributed by atoms with Crippen molar-refractivity contribution in [1.82, 2.24) is 9.80 Å². The number of carbonyl (C=O) groups excluding carboxylic acids is 2. The van der Waals surface area contributed by atoms with E-state index in [9.17, 15) is 9.59 Å². The van der Waals surface area contributed by atoms with Crippen LogP contribution < -0.4 is 5.32 Å². The number of hydrogen-bond donors (Lipinski definition) is 1. The van der Waals surface area contributed by atoms with Gasteiger partial charge in [0, 0.05) is 37.8 Å². The van der Waals surface area contributed by atoms with Crippen molar-refractivity contribution in [2.75, 3.05) is 25.0 Å². The summed E-state index contributed by atoms with van der Waals surface area (Å²) in [5, 5.41) is 3.03. The van der Waals surface area contributed by atoms with E-state index in [1.54, 1.807) is 0 Å². The van der Waals surface area contributed by atoms with Crippen LogP contribution in [-0.4, -0.2) is 47.4 Å². The lowest BCUT2D eigenvalue weighted by Gasteiger charge is -2.49. The van der Waals surface area contributed by atoms with E-state index in [0.717, 1.165) is 50.1 Å². The van der Waals surface area contributed by atoms with E-state index in [4.69, 9.17) is 0 Å². The summed E-state index contributed by atoms with van der Waals surface area (Å²) in [5.41, 5.74) is 2.22. The summed E-state index contributed by atoms with van der Waals surface area (Å²) in [4.78, 5) is 29.2. The van der Waals surface area contributed by atoms with Crippen LogP contribution in [0.3, 0.4) is 0 Å². The van der Waals surface area contributed by atoms with Crippen LogP contribution in [0.25, 0.3) is 0 Å². The molecule has 0 bridgehead atoms. The first kappa shape index (κ1) is 18.3. The maximum Gasteiger partial charge on any atom is 0.321 e. The van der Waals surface area contributed by atoms with Gasteiger partial charge in [-0.25, -0.2) is 4.79 Å². The number of benzene rings is 1. The molecule has 1 saturated carbocycles. The quantitative estimate of drug-likeness (QED) is 0.850. The Morgan fingerprint density at radius 1 is 1.15 bits per heavy atom. The highest BCUT2D eigenvalue weighted by molar-refractivity contribution is 5.89. The maximum atomic E-state index is 12.6. The number of amides is 3. The van der Waals surface area contributed by atoms with Crippen LogP contribution in [0.15, 0.2) is 24.3 Å². The zero-order valence-corrected chi connectivity index (χ0v) is 16.4. The molecule has 27 heavy (non-hydrogen) atoms. The fraction of sp³-hybridized carbons (Fsp3) is 0.636. The van der Waals surface area contributed by atoms with Crippen molar-refractivity contribution in [2.45, 2.75) is 64.3 Å². The van der Waals surface area contributed by atoms with Crippen molar-refractivity contribution in [1.29, 1.82) is 0 Å². The highest BCUT2D eigenvalue weighted by atomic mass is 16.2. The van der Waals surface area contributed by atoms with Crippen molar-refractivity contribution >= 4 is 17.6 Å². The minimum atomic E-state index is -0.00464. The first-order valence-corrected chi connectivity index (χ1v) is 10.5. The van der Waals surface area contributed by atoms with E-state index < -0.39 is 0 Å². The number of carbonyl (C=O) groups is 2. The number of rotatable bonds is 2. The Bertz CT molecular complexity index is 703. The molecule has 0 unspecified atom stereocenters. The standard InChI is InChI=1S/C22H31N3O2/c1-17-5-4-6-18(15-17)23-21(27)24-13-11-22(12-14-24)10-9-20(26)25(16-22)19-7-2-3-8-19/h4-6,15,19H,2-3,7-14,16H2,1H3,(H,23,27). The van der Waals surface area contributed by atoms with Crippen molar-refractivity contribution in [3.05, 3.63) is 29.8 Å². The summed E-state index contributed by atoms with van der Waals surface area (Å²) >= 11 is 0. The van der Waals surface area contributed by atoms with Gasteiger partial charge < -0.3 is 15.1 Å². The van der Waals surface area contributed by atoms with Crippen LogP contribution in [-0.2, 0) is 4.79 Å². The van der Waals surface area contributed by atoms with Gasteiger partial charge in [-0.2, -0.15) is 0 Å². The summed E-state index contributed by atoms with van der Waals surface area (Å²) < 4.78 is 0. The molecule has 1 aliphatic carbocycles. The van der Waals surface area contributed by atoms with E-state index in [0.29, 0.717) is 18.4 Å². The number of urea groups is 1. The Morgan fingerprint density at radius 2 is 1.89 bits per heavy atom. The average molecular weight is 370 g/mol. The average Bonchev–Trinajstić information content (AvgIpc) is 3.19. The summed E-state index contributed by atoms with van der Waals surface area (Å²) in [6.07, 6.45) is 8.55. The Kier molecular flexibility index (Phi) is 5.11. The van der Waals surface area contributed by atoms with Gasteiger partial charge in [-0.05, 0) is 62.1 Å². The molecule has 3 amide bonds. The van der Waals surface area contributed by atoms with E-state index in [2.05, 4.69) is 10.2 Å². The van der Waals surface area contributed by atoms with Crippen LogP contribution in [0.2, 0.25) is 0 Å². The molecule has 3 aliphatic rings. The summed E-state index contributed by atoms with van der Waals surface area (Å²) in [6.45, 7) is 4.50. The third kappa shape index (κ3) is 3.97. The second-order valence-corrected chi connectivity index (χ2v) is 8.75. The number of nitrogens with zero attached hydrogens (tertiary/aromatic N) is 2. The topological polar surface area (TPSA) is 52.7 Å². The molecule has 0 aromatic heterocycles. The van der Waals surface area contributed by atoms with Crippen molar-refractivity contribution in [2.24, 2.45) is 5.41 Å². The fourth-order valence-electron chi connectivity index (χ4n) is 5.11. The van der Waals surface area contributed by atoms with Gasteiger partial charge in [0.2, 0.25) is 5.91 Å². The van der Waals surface area contributed by atoms with E-state index in [-0.39, 0.29) is 11.4 Å². The highest BCUT2D eigenvalue weighted by Gasteiger charge is 2.43. The lowest BCUT2D eigenvalue weighted by molar-refractivity contribution is -0.141. The Balaban J connectivity index is 1.35. The van der Waals surface area contributed by atoms with E-state index in [1.165, 1.54) is 25.7 Å². The number of piperidine rings is 2. The predicted molar refractivity (Wildman–Crippen MR) is 107 cm³/mol. The second-order valence-electron chi connectivity index (χ2n) is 8.75. The third-order valence-corrected chi connectivity index (χ3v) is 6.84. The Morgan fingerprint density at radius 3 is 2.59 bits per heavy atom. The molecule has 146 valence electrons. The fourth-order valence-corrected chi connectivity index (χ4v) is 5.11. The monoisotopic (exact) mass is 369 g/mol. The Labute approximate surface area is 162 Å². The minimum Gasteiger partial charge on any atom is -0.339 e. The molecule has 3 fully saturated rings. The molecule has 0 radical (unpaired) electrons. The number of nitrogens with one attached hydrogen (secondary N) is 1. The lowest BCUT2D eigenvalue weighted by atomic mass is 9.72. The molecule has 1 N–H and O–H groups in total. The zero-order valence-electron chi connectivity index (χ0n) is 16.4. The van der Waals surface area contributed by atoms with Crippen molar-refractivity contribution in [3.8, 4) is 0 Å². The summed E-state index contributed by atoms with van der Waals surface area (Å²) in [6, 6.07) is 8.39.